The second-order valence-electron chi connectivity index (χ2n) is 3.85. The molecule has 1 aromatic carbocycles. The van der Waals surface area contributed by atoms with Crippen LogP contribution in [0.1, 0.15) is 18.1 Å². The number of hydrogen-bond donors (Lipinski definition) is 1. The van der Waals surface area contributed by atoms with Gasteiger partial charge < -0.3 is 5.73 Å². The van der Waals surface area contributed by atoms with Gasteiger partial charge in [-0.1, -0.05) is 19.1 Å². The molecule has 0 atom stereocenters. The largest absolute Gasteiger partial charge is 0.329 e. The molecule has 18 heavy (non-hydrogen) atoms. The number of benzene rings is 1. The molecular formula is C12H17N3O2S. The maximum Gasteiger partial charge on any atom is 0.218 e. The van der Waals surface area contributed by atoms with Crippen LogP contribution in [0.5, 0.6) is 0 Å². The van der Waals surface area contributed by atoms with Gasteiger partial charge in [0.2, 0.25) is 10.0 Å². The van der Waals surface area contributed by atoms with Gasteiger partial charge in [-0.25, -0.2) is 12.7 Å². The topological polar surface area (TPSA) is 87.2 Å². The van der Waals surface area contributed by atoms with Gasteiger partial charge in [0, 0.05) is 19.6 Å². The normalized spacial score (nSPS) is 11.4. The molecule has 5 nitrogen and oxygen atoms in total. The Morgan fingerprint density at radius 2 is 1.94 bits per heavy atom. The molecule has 0 saturated heterocycles. The number of likely N-dealkylation sites (N-methyl/N-ethyl adjacent to an activating group) is 1. The molecule has 0 unspecified atom stereocenters. The van der Waals surface area contributed by atoms with Crippen molar-refractivity contribution in [2.75, 3.05) is 19.6 Å². The zero-order valence-corrected chi connectivity index (χ0v) is 11.2. The van der Waals surface area contributed by atoms with Gasteiger partial charge in [-0.15, -0.1) is 0 Å². The monoisotopic (exact) mass is 267 g/mol. The predicted octanol–water partition coefficient (Wildman–Crippen LogP) is 0.669. The van der Waals surface area contributed by atoms with E-state index in [1.54, 1.807) is 31.2 Å². The minimum absolute atomic E-state index is 0.0629. The summed E-state index contributed by atoms with van der Waals surface area (Å²) < 4.78 is 25.5. The molecule has 6 heteroatoms. The van der Waals surface area contributed by atoms with Crippen LogP contribution in [0.15, 0.2) is 24.3 Å². The number of nitrogens with zero attached hydrogens (tertiary/aromatic N) is 2. The van der Waals surface area contributed by atoms with E-state index < -0.39 is 10.0 Å². The Labute approximate surface area is 108 Å². The second kappa shape index (κ2) is 6.50. The summed E-state index contributed by atoms with van der Waals surface area (Å²) >= 11 is 0. The Morgan fingerprint density at radius 3 is 2.39 bits per heavy atom. The van der Waals surface area contributed by atoms with E-state index in [0.717, 1.165) is 0 Å². The molecular weight excluding hydrogens is 250 g/mol. The zero-order valence-electron chi connectivity index (χ0n) is 10.3. The summed E-state index contributed by atoms with van der Waals surface area (Å²) in [5, 5.41) is 8.67. The summed E-state index contributed by atoms with van der Waals surface area (Å²) in [6, 6.07) is 8.54. The van der Waals surface area contributed by atoms with Gasteiger partial charge in [0.15, 0.2) is 0 Å². The van der Waals surface area contributed by atoms with Crippen LogP contribution in [-0.2, 0) is 15.8 Å². The first-order chi connectivity index (χ1) is 8.53. The van der Waals surface area contributed by atoms with Crippen LogP contribution in [0.2, 0.25) is 0 Å². The van der Waals surface area contributed by atoms with Crippen LogP contribution in [0.3, 0.4) is 0 Å². The van der Waals surface area contributed by atoms with Crippen molar-refractivity contribution in [1.29, 1.82) is 5.26 Å². The van der Waals surface area contributed by atoms with Crippen molar-refractivity contribution in [3.63, 3.8) is 0 Å². The molecule has 0 radical (unpaired) electrons. The lowest BCUT2D eigenvalue weighted by atomic mass is 10.2. The molecule has 0 amide bonds. The lowest BCUT2D eigenvalue weighted by molar-refractivity contribution is 0.434. The summed E-state index contributed by atoms with van der Waals surface area (Å²) in [6.07, 6.45) is 0. The molecule has 0 aliphatic heterocycles. The van der Waals surface area contributed by atoms with E-state index in [-0.39, 0.29) is 5.75 Å². The fourth-order valence-corrected chi connectivity index (χ4v) is 3.19. The minimum atomic E-state index is -3.34. The van der Waals surface area contributed by atoms with Crippen LogP contribution < -0.4 is 5.73 Å². The predicted molar refractivity (Wildman–Crippen MR) is 70.1 cm³/mol. The highest BCUT2D eigenvalue weighted by molar-refractivity contribution is 7.88. The van der Waals surface area contributed by atoms with Gasteiger partial charge in [0.05, 0.1) is 17.4 Å². The first-order valence-corrected chi connectivity index (χ1v) is 7.31. The quantitative estimate of drug-likeness (QED) is 0.820. The molecule has 0 spiro atoms. The molecule has 2 N–H and O–H groups in total. The molecule has 98 valence electrons. The first-order valence-electron chi connectivity index (χ1n) is 5.70. The number of nitriles is 1. The molecule has 1 aromatic rings. The van der Waals surface area contributed by atoms with Gasteiger partial charge in [0.25, 0.3) is 0 Å². The summed E-state index contributed by atoms with van der Waals surface area (Å²) in [5.41, 5.74) is 6.58. The molecule has 0 saturated carbocycles. The maximum absolute atomic E-state index is 12.1. The van der Waals surface area contributed by atoms with Gasteiger partial charge in [-0.3, -0.25) is 0 Å². The van der Waals surface area contributed by atoms with Crippen molar-refractivity contribution >= 4 is 10.0 Å². The smallest absolute Gasteiger partial charge is 0.218 e. The molecule has 0 bridgehead atoms. The van der Waals surface area contributed by atoms with Crippen molar-refractivity contribution in [2.24, 2.45) is 5.73 Å². The lowest BCUT2D eigenvalue weighted by Gasteiger charge is -2.19. The Balaban J connectivity index is 2.84. The van der Waals surface area contributed by atoms with E-state index in [2.05, 4.69) is 0 Å². The first kappa shape index (κ1) is 14.6. The number of hydrogen-bond acceptors (Lipinski definition) is 4. The standard InChI is InChI=1S/C12H17N3O2S/c1-2-15(8-7-13)18(16,17)10-12-5-3-11(9-14)4-6-12/h3-6H,2,7-8,10,13H2,1H3. The fourth-order valence-electron chi connectivity index (χ4n) is 1.62. The number of nitrogens with two attached hydrogens (primary N) is 1. The van der Waals surface area contributed by atoms with Gasteiger partial charge in [-0.05, 0) is 17.7 Å². The van der Waals surface area contributed by atoms with Crippen LogP contribution in [0.4, 0.5) is 0 Å². The number of sulfonamides is 1. The van der Waals surface area contributed by atoms with Crippen molar-refractivity contribution in [3.05, 3.63) is 35.4 Å². The van der Waals surface area contributed by atoms with Crippen LogP contribution in [-0.4, -0.2) is 32.4 Å². The van der Waals surface area contributed by atoms with E-state index in [9.17, 15) is 8.42 Å². The van der Waals surface area contributed by atoms with Gasteiger partial charge >= 0.3 is 0 Å². The molecule has 0 aliphatic rings. The van der Waals surface area contributed by atoms with E-state index in [1.165, 1.54) is 4.31 Å². The third kappa shape index (κ3) is 3.81. The van der Waals surface area contributed by atoms with Crippen LogP contribution in [0.25, 0.3) is 0 Å². The van der Waals surface area contributed by atoms with Gasteiger partial charge in [-0.2, -0.15) is 5.26 Å². The zero-order chi connectivity index (χ0) is 13.6. The van der Waals surface area contributed by atoms with Crippen molar-refractivity contribution in [2.45, 2.75) is 12.7 Å². The Kier molecular flexibility index (Phi) is 5.28. The average Bonchev–Trinajstić information content (AvgIpc) is 2.36. The molecule has 0 fully saturated rings. The van der Waals surface area contributed by atoms with Crippen LogP contribution in [0, 0.1) is 11.3 Å². The highest BCUT2D eigenvalue weighted by atomic mass is 32.2. The van der Waals surface area contributed by atoms with Crippen molar-refractivity contribution < 1.29 is 8.42 Å². The maximum atomic E-state index is 12.1. The Morgan fingerprint density at radius 1 is 1.33 bits per heavy atom. The Hall–Kier alpha value is -1.42. The number of rotatable bonds is 6. The Bertz CT molecular complexity index is 517. The summed E-state index contributed by atoms with van der Waals surface area (Å²) in [7, 11) is -3.34. The van der Waals surface area contributed by atoms with Crippen LogP contribution >= 0.6 is 0 Å². The van der Waals surface area contributed by atoms with Gasteiger partial charge in [0.1, 0.15) is 0 Å². The summed E-state index contributed by atoms with van der Waals surface area (Å²) in [4.78, 5) is 0. The third-order valence-corrected chi connectivity index (χ3v) is 4.48. The summed E-state index contributed by atoms with van der Waals surface area (Å²) in [6.45, 7) is 2.83. The fraction of sp³-hybridized carbons (Fsp3) is 0.417. The highest BCUT2D eigenvalue weighted by Gasteiger charge is 2.19. The van der Waals surface area contributed by atoms with E-state index in [4.69, 9.17) is 11.0 Å². The molecule has 0 aromatic heterocycles. The van der Waals surface area contributed by atoms with Crippen molar-refractivity contribution in [3.8, 4) is 6.07 Å². The van der Waals surface area contributed by atoms with E-state index >= 15 is 0 Å². The average molecular weight is 267 g/mol. The molecule has 0 aliphatic carbocycles. The minimum Gasteiger partial charge on any atom is -0.329 e. The SMILES string of the molecule is CCN(CCN)S(=O)(=O)Cc1ccc(C#N)cc1. The lowest BCUT2D eigenvalue weighted by Crippen LogP contribution is -2.35. The second-order valence-corrected chi connectivity index (χ2v) is 5.81. The van der Waals surface area contributed by atoms with E-state index in [0.29, 0.717) is 30.8 Å². The summed E-state index contributed by atoms with van der Waals surface area (Å²) in [5.74, 6) is -0.0629. The third-order valence-electron chi connectivity index (χ3n) is 2.56. The molecule has 1 rings (SSSR count). The molecule has 0 heterocycles. The van der Waals surface area contributed by atoms with E-state index in [1.807, 2.05) is 6.07 Å². The highest BCUT2D eigenvalue weighted by Crippen LogP contribution is 2.11. The van der Waals surface area contributed by atoms with Crippen molar-refractivity contribution in [1.82, 2.24) is 4.31 Å².